The molecule has 5 amide bonds. The van der Waals surface area contributed by atoms with Gasteiger partial charge in [-0.1, -0.05) is 13.3 Å². The number of hydrogen-bond donors (Lipinski definition) is 1. The van der Waals surface area contributed by atoms with Gasteiger partial charge in [0.2, 0.25) is 5.91 Å². The van der Waals surface area contributed by atoms with E-state index in [0.717, 1.165) is 24.2 Å². The minimum absolute atomic E-state index is 0.167. The SMILES string of the molecule is CCCCN1C(=O)C(=O)N(CC(=O)NC2(C#N)CCCC2)C1=O. The molecule has 1 aliphatic carbocycles. The van der Waals surface area contributed by atoms with Crippen molar-refractivity contribution < 1.29 is 19.2 Å². The summed E-state index contributed by atoms with van der Waals surface area (Å²) < 4.78 is 0. The molecule has 0 atom stereocenters. The van der Waals surface area contributed by atoms with E-state index < -0.39 is 35.8 Å². The Balaban J connectivity index is 2.00. The van der Waals surface area contributed by atoms with E-state index in [4.69, 9.17) is 0 Å². The lowest BCUT2D eigenvalue weighted by Gasteiger charge is -2.23. The summed E-state index contributed by atoms with van der Waals surface area (Å²) in [6, 6.07) is 1.34. The van der Waals surface area contributed by atoms with Crippen LogP contribution in [0.15, 0.2) is 0 Å². The molecule has 0 aromatic heterocycles. The van der Waals surface area contributed by atoms with Gasteiger partial charge in [0.1, 0.15) is 12.1 Å². The molecule has 0 spiro atoms. The summed E-state index contributed by atoms with van der Waals surface area (Å²) >= 11 is 0. The van der Waals surface area contributed by atoms with Crippen LogP contribution in [0.25, 0.3) is 0 Å². The molecule has 8 nitrogen and oxygen atoms in total. The summed E-state index contributed by atoms with van der Waals surface area (Å²) in [6.07, 6.45) is 4.17. The van der Waals surface area contributed by atoms with E-state index in [9.17, 15) is 24.4 Å². The second-order valence-electron chi connectivity index (χ2n) is 5.93. The minimum Gasteiger partial charge on any atom is -0.336 e. The van der Waals surface area contributed by atoms with Crippen molar-refractivity contribution in [1.82, 2.24) is 15.1 Å². The normalized spacial score (nSPS) is 20.1. The van der Waals surface area contributed by atoms with Crippen molar-refractivity contribution in [2.45, 2.75) is 51.0 Å². The molecule has 2 fully saturated rings. The topological polar surface area (TPSA) is 111 Å². The fourth-order valence-electron chi connectivity index (χ4n) is 2.90. The zero-order chi connectivity index (χ0) is 17.0. The lowest BCUT2D eigenvalue weighted by atomic mass is 10.00. The Morgan fingerprint density at radius 2 is 1.83 bits per heavy atom. The number of urea groups is 1. The molecule has 0 aromatic carbocycles. The van der Waals surface area contributed by atoms with Crippen LogP contribution in [0.1, 0.15) is 45.4 Å². The third-order valence-corrected chi connectivity index (χ3v) is 4.22. The Hall–Kier alpha value is -2.43. The molecule has 0 radical (unpaired) electrons. The molecule has 1 aliphatic heterocycles. The van der Waals surface area contributed by atoms with Crippen molar-refractivity contribution in [2.75, 3.05) is 13.1 Å². The molecule has 1 N–H and O–H groups in total. The number of imide groups is 2. The van der Waals surface area contributed by atoms with Gasteiger partial charge in [-0.2, -0.15) is 5.26 Å². The van der Waals surface area contributed by atoms with Gasteiger partial charge in [-0.25, -0.2) is 9.69 Å². The average Bonchev–Trinajstić information content (AvgIpc) is 3.07. The predicted octanol–water partition coefficient (Wildman–Crippen LogP) is 0.530. The molecular formula is C15H20N4O4. The Morgan fingerprint density at radius 1 is 1.22 bits per heavy atom. The first kappa shape index (κ1) is 16.9. The minimum atomic E-state index is -0.987. The third-order valence-electron chi connectivity index (χ3n) is 4.22. The highest BCUT2D eigenvalue weighted by Gasteiger charge is 2.45. The van der Waals surface area contributed by atoms with E-state index in [1.54, 1.807) is 0 Å². The van der Waals surface area contributed by atoms with Crippen LogP contribution in [-0.2, 0) is 14.4 Å². The zero-order valence-electron chi connectivity index (χ0n) is 13.1. The second-order valence-corrected chi connectivity index (χ2v) is 5.93. The van der Waals surface area contributed by atoms with Crippen LogP contribution < -0.4 is 5.32 Å². The van der Waals surface area contributed by atoms with Crippen molar-refractivity contribution in [3.05, 3.63) is 0 Å². The monoisotopic (exact) mass is 320 g/mol. The van der Waals surface area contributed by atoms with Crippen LogP contribution in [0.3, 0.4) is 0 Å². The second kappa shape index (κ2) is 6.77. The van der Waals surface area contributed by atoms with Crippen molar-refractivity contribution in [2.24, 2.45) is 0 Å². The van der Waals surface area contributed by atoms with Crippen LogP contribution in [0.2, 0.25) is 0 Å². The molecule has 0 aromatic rings. The first-order chi connectivity index (χ1) is 10.9. The van der Waals surface area contributed by atoms with Crippen molar-refractivity contribution in [3.63, 3.8) is 0 Å². The number of nitrogens with zero attached hydrogens (tertiary/aromatic N) is 3. The summed E-state index contributed by atoms with van der Waals surface area (Å²) in [5.41, 5.74) is -0.922. The summed E-state index contributed by atoms with van der Waals surface area (Å²) in [4.78, 5) is 49.4. The van der Waals surface area contributed by atoms with Gasteiger partial charge in [0.05, 0.1) is 6.07 Å². The standard InChI is InChI=1S/C15H20N4O4/c1-2-3-8-18-12(21)13(22)19(14(18)23)9-11(20)17-15(10-16)6-4-5-7-15/h2-9H2,1H3,(H,17,20). The van der Waals surface area contributed by atoms with Gasteiger partial charge < -0.3 is 5.32 Å². The van der Waals surface area contributed by atoms with Gasteiger partial charge in [-0.15, -0.1) is 0 Å². The maximum Gasteiger partial charge on any atom is 0.334 e. The van der Waals surface area contributed by atoms with E-state index >= 15 is 0 Å². The Kier molecular flexibility index (Phi) is 4.98. The highest BCUT2D eigenvalue weighted by Crippen LogP contribution is 2.28. The van der Waals surface area contributed by atoms with Gasteiger partial charge in [0, 0.05) is 6.54 Å². The number of amides is 5. The first-order valence-corrected chi connectivity index (χ1v) is 7.83. The van der Waals surface area contributed by atoms with E-state index in [0.29, 0.717) is 24.2 Å². The Morgan fingerprint density at radius 3 is 2.39 bits per heavy atom. The highest BCUT2D eigenvalue weighted by molar-refractivity contribution is 6.45. The van der Waals surface area contributed by atoms with E-state index in [1.165, 1.54) is 0 Å². The van der Waals surface area contributed by atoms with Gasteiger partial charge >= 0.3 is 17.8 Å². The third kappa shape index (κ3) is 3.33. The fraction of sp³-hybridized carbons (Fsp3) is 0.667. The maximum absolute atomic E-state index is 12.1. The van der Waals surface area contributed by atoms with E-state index in [2.05, 4.69) is 11.4 Å². The van der Waals surface area contributed by atoms with Crippen LogP contribution in [0, 0.1) is 11.3 Å². The van der Waals surface area contributed by atoms with Gasteiger partial charge in [-0.05, 0) is 32.1 Å². The number of rotatable bonds is 6. The molecular weight excluding hydrogens is 300 g/mol. The molecule has 1 heterocycles. The number of carbonyl (C=O) groups is 4. The van der Waals surface area contributed by atoms with Crippen molar-refractivity contribution in [1.29, 1.82) is 5.26 Å². The fourth-order valence-corrected chi connectivity index (χ4v) is 2.90. The summed E-state index contributed by atoms with van der Waals surface area (Å²) in [5.74, 6) is -2.48. The lowest BCUT2D eigenvalue weighted by molar-refractivity contribution is -0.144. The average molecular weight is 320 g/mol. The number of nitriles is 1. The molecule has 23 heavy (non-hydrogen) atoms. The highest BCUT2D eigenvalue weighted by atomic mass is 16.2. The molecule has 124 valence electrons. The smallest absolute Gasteiger partial charge is 0.334 e. The van der Waals surface area contributed by atoms with Gasteiger partial charge in [0.25, 0.3) is 0 Å². The van der Waals surface area contributed by atoms with Crippen molar-refractivity contribution in [3.8, 4) is 6.07 Å². The number of hydrogen-bond acceptors (Lipinski definition) is 5. The number of carbonyl (C=O) groups excluding carboxylic acids is 4. The molecule has 0 bridgehead atoms. The summed E-state index contributed by atoms with van der Waals surface area (Å²) in [7, 11) is 0. The largest absolute Gasteiger partial charge is 0.336 e. The van der Waals surface area contributed by atoms with E-state index in [1.807, 2.05) is 6.92 Å². The molecule has 2 rings (SSSR count). The predicted molar refractivity (Wildman–Crippen MR) is 78.7 cm³/mol. The molecule has 2 aliphatic rings. The maximum atomic E-state index is 12.1. The quantitative estimate of drug-likeness (QED) is 0.567. The Labute approximate surface area is 134 Å². The molecule has 1 saturated carbocycles. The molecule has 1 saturated heterocycles. The van der Waals surface area contributed by atoms with Crippen LogP contribution in [0.4, 0.5) is 4.79 Å². The summed E-state index contributed by atoms with van der Waals surface area (Å²) in [5, 5.41) is 11.8. The molecule has 8 heteroatoms. The number of unbranched alkanes of at least 4 members (excludes halogenated alkanes) is 1. The molecule has 0 unspecified atom stereocenters. The zero-order valence-corrected chi connectivity index (χ0v) is 13.1. The number of nitrogens with one attached hydrogen (secondary N) is 1. The van der Waals surface area contributed by atoms with Gasteiger partial charge in [0.15, 0.2) is 0 Å². The first-order valence-electron chi connectivity index (χ1n) is 7.83. The summed E-state index contributed by atoms with van der Waals surface area (Å²) in [6.45, 7) is 1.54. The van der Waals surface area contributed by atoms with Crippen LogP contribution >= 0.6 is 0 Å². The van der Waals surface area contributed by atoms with Crippen LogP contribution in [-0.4, -0.2) is 52.2 Å². The van der Waals surface area contributed by atoms with Crippen LogP contribution in [0.5, 0.6) is 0 Å². The lowest BCUT2D eigenvalue weighted by Crippen LogP contribution is -2.50. The van der Waals surface area contributed by atoms with Gasteiger partial charge in [-0.3, -0.25) is 19.3 Å². The van der Waals surface area contributed by atoms with Crippen molar-refractivity contribution >= 4 is 23.8 Å². The van der Waals surface area contributed by atoms with E-state index in [-0.39, 0.29) is 6.54 Å². The Bertz CT molecular complexity index is 575.